The first-order valence-corrected chi connectivity index (χ1v) is 7.61. The van der Waals surface area contributed by atoms with Gasteiger partial charge in [-0.3, -0.25) is 9.59 Å². The molecular weight excluding hydrogens is 252 g/mol. The molecule has 2 aliphatic rings. The molecule has 2 aliphatic carbocycles. The van der Waals surface area contributed by atoms with Crippen molar-refractivity contribution < 1.29 is 18.0 Å². The Bertz CT molecular complexity index is 479. The molecule has 0 aliphatic heterocycles. The molecule has 90 valence electrons. The Kier molecular flexibility index (Phi) is 2.31. The van der Waals surface area contributed by atoms with Crippen LogP contribution < -0.4 is 0 Å². The van der Waals surface area contributed by atoms with Gasteiger partial charge in [-0.15, -0.1) is 0 Å². The molecule has 0 saturated heterocycles. The van der Waals surface area contributed by atoms with Crippen LogP contribution in [0.3, 0.4) is 0 Å². The van der Waals surface area contributed by atoms with Crippen LogP contribution in [0, 0.1) is 16.7 Å². The van der Waals surface area contributed by atoms with E-state index in [2.05, 4.69) is 0 Å². The topological polar surface area (TPSA) is 68.3 Å². The molecule has 0 unspecified atom stereocenters. The third-order valence-corrected chi connectivity index (χ3v) is 5.52. The maximum Gasteiger partial charge on any atom is 0.233 e. The standard InChI is InChI=1S/C10H13ClO4S/c1-9(2)6-3-4-10(9,5-16(11,14)15)8(13)7(6)12/h6H,3-5H2,1-2H3/t6-,10+/m0/s1. The minimum Gasteiger partial charge on any atom is -0.291 e. The lowest BCUT2D eigenvalue weighted by Crippen LogP contribution is -2.42. The maximum atomic E-state index is 11.9. The van der Waals surface area contributed by atoms with E-state index in [4.69, 9.17) is 10.7 Å². The van der Waals surface area contributed by atoms with Crippen molar-refractivity contribution in [3.05, 3.63) is 0 Å². The normalized spacial score (nSPS) is 37.1. The molecule has 2 atom stereocenters. The van der Waals surface area contributed by atoms with Gasteiger partial charge in [-0.2, -0.15) is 0 Å². The molecule has 0 spiro atoms. The summed E-state index contributed by atoms with van der Waals surface area (Å²) in [4.78, 5) is 23.6. The van der Waals surface area contributed by atoms with Crippen molar-refractivity contribution in [1.82, 2.24) is 0 Å². The summed E-state index contributed by atoms with van der Waals surface area (Å²) >= 11 is 0. The van der Waals surface area contributed by atoms with Crippen LogP contribution in [0.25, 0.3) is 0 Å². The number of ketones is 2. The Balaban J connectivity index is 2.54. The van der Waals surface area contributed by atoms with E-state index in [-0.39, 0.29) is 5.92 Å². The zero-order valence-electron chi connectivity index (χ0n) is 9.12. The van der Waals surface area contributed by atoms with Gasteiger partial charge >= 0.3 is 0 Å². The van der Waals surface area contributed by atoms with Crippen LogP contribution in [-0.2, 0) is 18.6 Å². The average Bonchev–Trinajstić information content (AvgIpc) is 2.39. The van der Waals surface area contributed by atoms with Gasteiger partial charge < -0.3 is 0 Å². The molecule has 0 heterocycles. The second-order valence-electron chi connectivity index (χ2n) is 5.27. The predicted molar refractivity (Wildman–Crippen MR) is 58.6 cm³/mol. The average molecular weight is 265 g/mol. The Morgan fingerprint density at radius 1 is 1.38 bits per heavy atom. The van der Waals surface area contributed by atoms with Crippen molar-refractivity contribution in [3.8, 4) is 0 Å². The van der Waals surface area contributed by atoms with Crippen LogP contribution in [0.5, 0.6) is 0 Å². The van der Waals surface area contributed by atoms with E-state index in [1.54, 1.807) is 13.8 Å². The molecule has 0 radical (unpaired) electrons. The summed E-state index contributed by atoms with van der Waals surface area (Å²) in [6.45, 7) is 3.57. The Morgan fingerprint density at radius 3 is 2.31 bits per heavy atom. The van der Waals surface area contributed by atoms with Crippen molar-refractivity contribution in [2.75, 3.05) is 5.75 Å². The number of fused-ring (bicyclic) bond motifs is 2. The SMILES string of the molecule is CC1(C)[C@H]2CC[C@@]1(CS(=O)(=O)Cl)C(=O)C2=O. The number of rotatable bonds is 2. The van der Waals surface area contributed by atoms with Crippen molar-refractivity contribution in [2.24, 2.45) is 16.7 Å². The third-order valence-electron chi connectivity index (χ3n) is 4.36. The first-order chi connectivity index (χ1) is 7.12. The summed E-state index contributed by atoms with van der Waals surface area (Å²) in [5.74, 6) is -1.72. The predicted octanol–water partition coefficient (Wildman–Crippen LogP) is 1.13. The van der Waals surface area contributed by atoms with E-state index in [0.717, 1.165) is 0 Å². The quantitative estimate of drug-likeness (QED) is 0.554. The highest BCUT2D eigenvalue weighted by Gasteiger charge is 2.69. The van der Waals surface area contributed by atoms with Crippen molar-refractivity contribution in [2.45, 2.75) is 26.7 Å². The molecule has 0 N–H and O–H groups in total. The lowest BCUT2D eigenvalue weighted by molar-refractivity contribution is -0.141. The van der Waals surface area contributed by atoms with Gasteiger partial charge in [-0.25, -0.2) is 8.42 Å². The number of carbonyl (C=O) groups is 2. The van der Waals surface area contributed by atoms with Gasteiger partial charge in [0, 0.05) is 16.6 Å². The van der Waals surface area contributed by atoms with Crippen molar-refractivity contribution in [3.63, 3.8) is 0 Å². The van der Waals surface area contributed by atoms with Crippen LogP contribution in [0.15, 0.2) is 0 Å². The number of Topliss-reactive ketones (excluding diaryl/α,β-unsaturated/α-hetero) is 2. The van der Waals surface area contributed by atoms with Gasteiger partial charge in [-0.1, -0.05) is 13.8 Å². The summed E-state index contributed by atoms with van der Waals surface area (Å²) in [6.07, 6.45) is 1.03. The Labute approximate surface area is 98.8 Å². The molecule has 2 saturated carbocycles. The van der Waals surface area contributed by atoms with Crippen molar-refractivity contribution >= 4 is 31.3 Å². The van der Waals surface area contributed by atoms with E-state index >= 15 is 0 Å². The molecule has 2 bridgehead atoms. The first kappa shape index (κ1) is 12.0. The van der Waals surface area contributed by atoms with Gasteiger partial charge in [0.25, 0.3) is 0 Å². The second kappa shape index (κ2) is 3.07. The largest absolute Gasteiger partial charge is 0.291 e. The molecule has 2 rings (SSSR count). The Hall–Kier alpha value is -0.420. The van der Waals surface area contributed by atoms with Crippen LogP contribution in [0.2, 0.25) is 0 Å². The highest BCUT2D eigenvalue weighted by atomic mass is 35.7. The number of halogens is 1. The monoisotopic (exact) mass is 264 g/mol. The first-order valence-electron chi connectivity index (χ1n) is 5.13. The molecule has 0 aromatic heterocycles. The smallest absolute Gasteiger partial charge is 0.233 e. The van der Waals surface area contributed by atoms with E-state index in [0.29, 0.717) is 12.8 Å². The zero-order valence-corrected chi connectivity index (χ0v) is 10.7. The highest BCUT2D eigenvalue weighted by molar-refractivity contribution is 8.13. The van der Waals surface area contributed by atoms with E-state index in [1.165, 1.54) is 0 Å². The summed E-state index contributed by atoms with van der Waals surface area (Å²) in [5, 5.41) is 0. The minimum atomic E-state index is -3.78. The van der Waals surface area contributed by atoms with Crippen molar-refractivity contribution in [1.29, 1.82) is 0 Å². The van der Waals surface area contributed by atoms with Gasteiger partial charge in [0.05, 0.1) is 11.2 Å². The molecule has 16 heavy (non-hydrogen) atoms. The molecular formula is C10H13ClO4S. The zero-order chi connectivity index (χ0) is 12.4. The maximum absolute atomic E-state index is 11.9. The lowest BCUT2D eigenvalue weighted by Gasteiger charge is -2.34. The molecule has 0 amide bonds. The summed E-state index contributed by atoms with van der Waals surface area (Å²) in [7, 11) is 1.47. The van der Waals surface area contributed by atoms with Gasteiger partial charge in [0.15, 0.2) is 0 Å². The van der Waals surface area contributed by atoms with Crippen LogP contribution in [0.1, 0.15) is 26.7 Å². The van der Waals surface area contributed by atoms with E-state index < -0.39 is 37.2 Å². The highest BCUT2D eigenvalue weighted by Crippen LogP contribution is 2.62. The summed E-state index contributed by atoms with van der Waals surface area (Å²) in [6, 6.07) is 0. The van der Waals surface area contributed by atoms with E-state index in [9.17, 15) is 18.0 Å². The summed E-state index contributed by atoms with van der Waals surface area (Å²) in [5.41, 5.74) is -1.68. The van der Waals surface area contributed by atoms with Crippen LogP contribution >= 0.6 is 10.7 Å². The number of carbonyl (C=O) groups excluding carboxylic acids is 2. The number of hydrogen-bond donors (Lipinski definition) is 0. The van der Waals surface area contributed by atoms with Gasteiger partial charge in [0.2, 0.25) is 20.6 Å². The lowest BCUT2D eigenvalue weighted by atomic mass is 9.70. The van der Waals surface area contributed by atoms with Gasteiger partial charge in [0.1, 0.15) is 0 Å². The number of hydrogen-bond acceptors (Lipinski definition) is 4. The molecule has 0 aromatic carbocycles. The van der Waals surface area contributed by atoms with Gasteiger partial charge in [-0.05, 0) is 18.3 Å². The minimum absolute atomic E-state index is 0.335. The molecule has 4 nitrogen and oxygen atoms in total. The fraction of sp³-hybridized carbons (Fsp3) is 0.800. The Morgan fingerprint density at radius 2 is 1.94 bits per heavy atom. The van der Waals surface area contributed by atoms with Crippen LogP contribution in [-0.4, -0.2) is 25.7 Å². The summed E-state index contributed by atoms with van der Waals surface area (Å²) < 4.78 is 22.4. The second-order valence-corrected chi connectivity index (χ2v) is 8.05. The molecule has 2 fully saturated rings. The van der Waals surface area contributed by atoms with E-state index in [1.807, 2.05) is 0 Å². The molecule has 0 aromatic rings. The fourth-order valence-electron chi connectivity index (χ4n) is 3.28. The third kappa shape index (κ3) is 1.31. The fourth-order valence-corrected chi connectivity index (χ4v) is 5.08. The van der Waals surface area contributed by atoms with Crippen LogP contribution in [0.4, 0.5) is 0 Å². The molecule has 6 heteroatoms.